The van der Waals surface area contributed by atoms with Crippen LogP contribution in [0.1, 0.15) is 53.7 Å². The topological polar surface area (TPSA) is 99.0 Å². The molecule has 0 unspecified atom stereocenters. The van der Waals surface area contributed by atoms with Crippen molar-refractivity contribution in [3.05, 3.63) is 52.8 Å². The molecule has 0 bridgehead atoms. The smallest absolute Gasteiger partial charge is 0.254 e. The third-order valence-electron chi connectivity index (χ3n) is 5.36. The zero-order chi connectivity index (χ0) is 21.5. The lowest BCUT2D eigenvalue weighted by Gasteiger charge is -2.19. The van der Waals surface area contributed by atoms with Crippen molar-refractivity contribution in [2.24, 2.45) is 0 Å². The molecule has 1 N–H and O–H groups in total. The van der Waals surface area contributed by atoms with Gasteiger partial charge in [-0.3, -0.25) is 14.9 Å². The van der Waals surface area contributed by atoms with Crippen molar-refractivity contribution in [3.8, 4) is 6.07 Å². The van der Waals surface area contributed by atoms with Crippen molar-refractivity contribution in [2.45, 2.75) is 37.0 Å². The standard InChI is InChI=1S/C21H19F2N5O2.H2/c1-28(11-18(29)27-20-25-9-12(8-24)10-26-20)19(30)14-3-2-13(21(23)4-5-21)6-15(14)16-7-17(16)22;/h2-3,6,9-10,16-17H,4-5,7,11H2,1H3,(H,25,26,27,29);1H/t16-,17+;/m0./s1. The number of likely N-dealkylation sites (N-methyl/N-ethyl adjacent to an activating group) is 1. The number of nitrogens with zero attached hydrogens (tertiary/aromatic N) is 4. The number of nitrogens with one attached hydrogen (secondary N) is 1. The van der Waals surface area contributed by atoms with Crippen LogP contribution in [0.5, 0.6) is 0 Å². The van der Waals surface area contributed by atoms with E-state index in [2.05, 4.69) is 15.3 Å². The summed E-state index contributed by atoms with van der Waals surface area (Å²) in [5.41, 5.74) is 0.133. The molecule has 1 aromatic carbocycles. The van der Waals surface area contributed by atoms with Gasteiger partial charge in [-0.15, -0.1) is 0 Å². The van der Waals surface area contributed by atoms with Gasteiger partial charge in [-0.25, -0.2) is 18.7 Å². The maximum Gasteiger partial charge on any atom is 0.254 e. The van der Waals surface area contributed by atoms with E-state index in [9.17, 15) is 18.4 Å². The van der Waals surface area contributed by atoms with Gasteiger partial charge in [0.25, 0.3) is 5.91 Å². The van der Waals surface area contributed by atoms with Gasteiger partial charge in [0.15, 0.2) is 0 Å². The lowest BCUT2D eigenvalue weighted by Crippen LogP contribution is -2.35. The number of anilines is 1. The van der Waals surface area contributed by atoms with E-state index in [1.807, 2.05) is 6.07 Å². The largest absolute Gasteiger partial charge is 0.332 e. The van der Waals surface area contributed by atoms with E-state index in [-0.39, 0.29) is 25.0 Å². The summed E-state index contributed by atoms with van der Waals surface area (Å²) < 4.78 is 28.2. The number of amides is 2. The number of hydrogen-bond acceptors (Lipinski definition) is 5. The van der Waals surface area contributed by atoms with Gasteiger partial charge < -0.3 is 4.90 Å². The molecule has 2 aromatic rings. The second-order valence-corrected chi connectivity index (χ2v) is 7.74. The monoisotopic (exact) mass is 413 g/mol. The van der Waals surface area contributed by atoms with Crippen LogP contribution in [0.4, 0.5) is 14.7 Å². The van der Waals surface area contributed by atoms with Crippen molar-refractivity contribution >= 4 is 17.8 Å². The van der Waals surface area contributed by atoms with Gasteiger partial charge in [0.05, 0.1) is 24.5 Å². The fourth-order valence-corrected chi connectivity index (χ4v) is 3.33. The Bertz CT molecular complexity index is 1050. The Morgan fingerprint density at radius 2 is 2.03 bits per heavy atom. The van der Waals surface area contributed by atoms with E-state index in [1.54, 1.807) is 12.1 Å². The van der Waals surface area contributed by atoms with Gasteiger partial charge in [0.2, 0.25) is 11.9 Å². The second-order valence-electron chi connectivity index (χ2n) is 7.74. The first kappa shape index (κ1) is 19.9. The Kier molecular flexibility index (Phi) is 4.94. The van der Waals surface area contributed by atoms with E-state index in [4.69, 9.17) is 5.26 Å². The fourth-order valence-electron chi connectivity index (χ4n) is 3.33. The second kappa shape index (κ2) is 7.44. The van der Waals surface area contributed by atoms with E-state index in [1.165, 1.54) is 30.4 Å². The van der Waals surface area contributed by atoms with Crippen LogP contribution < -0.4 is 5.32 Å². The molecule has 9 heteroatoms. The summed E-state index contributed by atoms with van der Waals surface area (Å²) >= 11 is 0. The van der Waals surface area contributed by atoms with E-state index >= 15 is 0 Å². The van der Waals surface area contributed by atoms with Crippen LogP contribution in [0.15, 0.2) is 30.6 Å². The molecule has 2 aliphatic rings. The molecule has 0 spiro atoms. The first-order chi connectivity index (χ1) is 14.3. The predicted molar refractivity (Wildman–Crippen MR) is 105 cm³/mol. The predicted octanol–water partition coefficient (Wildman–Crippen LogP) is 3.09. The summed E-state index contributed by atoms with van der Waals surface area (Å²) in [7, 11) is 1.45. The molecule has 0 saturated heterocycles. The maximum atomic E-state index is 14.4. The molecule has 0 aliphatic heterocycles. The van der Waals surface area contributed by atoms with Crippen LogP contribution in [-0.4, -0.2) is 46.4 Å². The highest BCUT2D eigenvalue weighted by Gasteiger charge is 2.47. The third kappa shape index (κ3) is 3.99. The molecular weight excluding hydrogens is 392 g/mol. The van der Waals surface area contributed by atoms with Gasteiger partial charge in [0.1, 0.15) is 17.9 Å². The molecule has 2 aliphatic carbocycles. The molecule has 4 rings (SSSR count). The molecular formula is C21H21F2N5O2. The summed E-state index contributed by atoms with van der Waals surface area (Å²) in [5, 5.41) is 11.2. The Balaban J connectivity index is 0.00000272. The number of carbonyl (C=O) groups is 2. The molecule has 156 valence electrons. The Morgan fingerprint density at radius 1 is 1.37 bits per heavy atom. The third-order valence-corrected chi connectivity index (χ3v) is 5.36. The number of rotatable bonds is 6. The quantitative estimate of drug-likeness (QED) is 0.785. The molecule has 0 radical (unpaired) electrons. The first-order valence-corrected chi connectivity index (χ1v) is 9.55. The summed E-state index contributed by atoms with van der Waals surface area (Å²) in [6, 6.07) is 6.56. The van der Waals surface area contributed by atoms with Crippen LogP contribution in [0.3, 0.4) is 0 Å². The van der Waals surface area contributed by atoms with Crippen LogP contribution in [0, 0.1) is 11.3 Å². The van der Waals surface area contributed by atoms with Gasteiger partial charge in [-0.2, -0.15) is 5.26 Å². The average molecular weight is 413 g/mol. The van der Waals surface area contributed by atoms with Gasteiger partial charge in [-0.05, 0) is 36.5 Å². The van der Waals surface area contributed by atoms with Gasteiger partial charge in [0, 0.05) is 20.0 Å². The molecule has 2 saturated carbocycles. The van der Waals surface area contributed by atoms with Crippen molar-refractivity contribution in [1.82, 2.24) is 14.9 Å². The molecule has 2 fully saturated rings. The highest BCUT2D eigenvalue weighted by Crippen LogP contribution is 2.52. The van der Waals surface area contributed by atoms with Crippen LogP contribution in [-0.2, 0) is 10.5 Å². The molecule has 2 atom stereocenters. The lowest BCUT2D eigenvalue weighted by atomic mass is 9.96. The normalized spacial score (nSPS) is 20.7. The van der Waals surface area contributed by atoms with E-state index < -0.39 is 29.6 Å². The zero-order valence-electron chi connectivity index (χ0n) is 16.2. The Morgan fingerprint density at radius 3 is 2.60 bits per heavy atom. The maximum absolute atomic E-state index is 14.4. The van der Waals surface area contributed by atoms with Crippen molar-refractivity contribution in [1.29, 1.82) is 5.26 Å². The van der Waals surface area contributed by atoms with Crippen molar-refractivity contribution < 1.29 is 19.8 Å². The molecule has 7 nitrogen and oxygen atoms in total. The SMILES string of the molecule is CN(CC(=O)Nc1ncc(C#N)cn1)C(=O)c1ccc(C2(F)CC2)cc1[C@@H]1C[C@H]1F.[HH]. The number of hydrogen-bond donors (Lipinski definition) is 1. The zero-order valence-corrected chi connectivity index (χ0v) is 16.2. The minimum atomic E-state index is -1.37. The van der Waals surface area contributed by atoms with Crippen molar-refractivity contribution in [2.75, 3.05) is 18.9 Å². The minimum absolute atomic E-state index is 0. The molecule has 1 aromatic heterocycles. The number of halogens is 2. The average Bonchev–Trinajstić information content (AvgIpc) is 3.66. The Labute approximate surface area is 173 Å². The molecule has 2 amide bonds. The fraction of sp³-hybridized carbons (Fsp3) is 0.381. The summed E-state index contributed by atoms with van der Waals surface area (Å²) in [6.45, 7) is -0.278. The minimum Gasteiger partial charge on any atom is -0.332 e. The number of carbonyl (C=O) groups excluding carboxylic acids is 2. The number of aromatic nitrogens is 2. The van der Waals surface area contributed by atoms with E-state index in [0.29, 0.717) is 30.4 Å². The van der Waals surface area contributed by atoms with Gasteiger partial charge in [-0.1, -0.05) is 12.1 Å². The van der Waals surface area contributed by atoms with Gasteiger partial charge >= 0.3 is 0 Å². The Hall–Kier alpha value is -3.41. The molecule has 1 heterocycles. The molecule has 30 heavy (non-hydrogen) atoms. The first-order valence-electron chi connectivity index (χ1n) is 9.55. The lowest BCUT2D eigenvalue weighted by molar-refractivity contribution is -0.116. The van der Waals surface area contributed by atoms with Crippen LogP contribution in [0.2, 0.25) is 0 Å². The highest BCUT2D eigenvalue weighted by molar-refractivity contribution is 6.00. The van der Waals surface area contributed by atoms with Crippen LogP contribution in [0.25, 0.3) is 0 Å². The number of alkyl halides is 2. The number of benzene rings is 1. The highest BCUT2D eigenvalue weighted by atomic mass is 19.1. The van der Waals surface area contributed by atoms with Crippen LogP contribution >= 0.6 is 0 Å². The van der Waals surface area contributed by atoms with E-state index in [0.717, 1.165) is 0 Å². The van der Waals surface area contributed by atoms with Crippen molar-refractivity contribution in [3.63, 3.8) is 0 Å². The summed E-state index contributed by atoms with van der Waals surface area (Å²) in [4.78, 5) is 34.0. The summed E-state index contributed by atoms with van der Waals surface area (Å²) in [5.74, 6) is -1.37. The number of nitriles is 1. The summed E-state index contributed by atoms with van der Waals surface area (Å²) in [6.07, 6.45) is 2.67.